The van der Waals surface area contributed by atoms with E-state index in [0.717, 1.165) is 4.47 Å². The lowest BCUT2D eigenvalue weighted by Gasteiger charge is -2.17. The van der Waals surface area contributed by atoms with Gasteiger partial charge in [-0.2, -0.15) is 0 Å². The molecule has 2 rings (SSSR count). The van der Waals surface area contributed by atoms with Crippen molar-refractivity contribution in [3.63, 3.8) is 0 Å². The van der Waals surface area contributed by atoms with Crippen molar-refractivity contribution < 1.29 is 19.1 Å². The van der Waals surface area contributed by atoms with Crippen LogP contribution in [0.25, 0.3) is 0 Å². The van der Waals surface area contributed by atoms with Crippen LogP contribution in [0.5, 0.6) is 0 Å². The van der Waals surface area contributed by atoms with E-state index in [1.165, 1.54) is 0 Å². The molecule has 0 radical (unpaired) electrons. The molecule has 0 aliphatic carbocycles. The van der Waals surface area contributed by atoms with Crippen LogP contribution in [0, 0.1) is 0 Å². The number of esters is 2. The molecule has 0 saturated heterocycles. The highest BCUT2D eigenvalue weighted by Crippen LogP contribution is 2.22. The molecule has 0 spiro atoms. The molecule has 1 atom stereocenters. The number of ether oxygens (including phenoxy) is 2. The highest BCUT2D eigenvalue weighted by atomic mass is 79.9. The Morgan fingerprint density at radius 1 is 1.09 bits per heavy atom. The zero-order chi connectivity index (χ0) is 15.9. The number of hydrogen-bond acceptors (Lipinski definition) is 4. The van der Waals surface area contributed by atoms with E-state index in [1.807, 2.05) is 6.07 Å². The Balaban J connectivity index is 2.23. The van der Waals surface area contributed by atoms with Crippen LogP contribution in [0.3, 0.4) is 0 Å². The molecule has 1 unspecified atom stereocenters. The second kappa shape index (κ2) is 7.75. The molecule has 0 aromatic heterocycles. The third-order valence-electron chi connectivity index (χ3n) is 2.89. The summed E-state index contributed by atoms with van der Waals surface area (Å²) in [5.41, 5.74) is 0.934. The molecule has 0 heterocycles. The molecule has 114 valence electrons. The Morgan fingerprint density at radius 2 is 1.82 bits per heavy atom. The SMILES string of the molecule is CCOC(=O)C(OC(=O)c1cccc(Br)c1)c1ccccc1. The van der Waals surface area contributed by atoms with E-state index in [0.29, 0.717) is 11.1 Å². The summed E-state index contributed by atoms with van der Waals surface area (Å²) in [5.74, 6) is -1.17. The van der Waals surface area contributed by atoms with Gasteiger partial charge in [0, 0.05) is 10.0 Å². The van der Waals surface area contributed by atoms with Crippen LogP contribution in [0.15, 0.2) is 59.1 Å². The molecule has 5 heteroatoms. The Kier molecular flexibility index (Phi) is 5.72. The molecule has 0 saturated carbocycles. The van der Waals surface area contributed by atoms with Crippen molar-refractivity contribution in [2.75, 3.05) is 6.61 Å². The van der Waals surface area contributed by atoms with E-state index in [2.05, 4.69) is 15.9 Å². The van der Waals surface area contributed by atoms with Gasteiger partial charge in [0.25, 0.3) is 0 Å². The Labute approximate surface area is 137 Å². The van der Waals surface area contributed by atoms with Crippen LogP contribution < -0.4 is 0 Å². The van der Waals surface area contributed by atoms with E-state index in [-0.39, 0.29) is 6.61 Å². The topological polar surface area (TPSA) is 52.6 Å². The first kappa shape index (κ1) is 16.2. The minimum atomic E-state index is -1.08. The van der Waals surface area contributed by atoms with Gasteiger partial charge in [-0.3, -0.25) is 0 Å². The van der Waals surface area contributed by atoms with Crippen molar-refractivity contribution in [3.05, 3.63) is 70.2 Å². The smallest absolute Gasteiger partial charge is 0.352 e. The van der Waals surface area contributed by atoms with E-state index >= 15 is 0 Å². The number of benzene rings is 2. The Bertz CT molecular complexity index is 655. The standard InChI is InChI=1S/C17H15BrO4/c1-2-21-17(20)15(12-7-4-3-5-8-12)22-16(19)13-9-6-10-14(18)11-13/h3-11,15H,2H2,1H3. The number of hydrogen-bond donors (Lipinski definition) is 0. The summed E-state index contributed by atoms with van der Waals surface area (Å²) in [4.78, 5) is 24.3. The van der Waals surface area contributed by atoms with Crippen LogP contribution in [-0.2, 0) is 14.3 Å². The van der Waals surface area contributed by atoms with E-state index in [1.54, 1.807) is 55.5 Å². The Hall–Kier alpha value is -2.14. The molecular formula is C17H15BrO4. The molecule has 0 fully saturated rings. The second-order valence-corrected chi connectivity index (χ2v) is 5.37. The fourth-order valence-electron chi connectivity index (χ4n) is 1.89. The summed E-state index contributed by atoms with van der Waals surface area (Å²) in [6.07, 6.45) is -1.08. The molecule has 0 aliphatic rings. The van der Waals surface area contributed by atoms with Crippen LogP contribution in [0.1, 0.15) is 28.9 Å². The monoisotopic (exact) mass is 362 g/mol. The third kappa shape index (κ3) is 4.18. The largest absolute Gasteiger partial charge is 0.463 e. The number of carbonyl (C=O) groups is 2. The van der Waals surface area contributed by atoms with Crippen molar-refractivity contribution in [1.29, 1.82) is 0 Å². The molecule has 2 aromatic carbocycles. The van der Waals surface area contributed by atoms with Gasteiger partial charge in [0.1, 0.15) is 0 Å². The maximum atomic E-state index is 12.2. The predicted molar refractivity (Wildman–Crippen MR) is 85.4 cm³/mol. The van der Waals surface area contributed by atoms with Gasteiger partial charge in [0.15, 0.2) is 0 Å². The van der Waals surface area contributed by atoms with Gasteiger partial charge < -0.3 is 9.47 Å². The maximum Gasteiger partial charge on any atom is 0.352 e. The van der Waals surface area contributed by atoms with E-state index in [9.17, 15) is 9.59 Å². The highest BCUT2D eigenvalue weighted by molar-refractivity contribution is 9.10. The lowest BCUT2D eigenvalue weighted by Crippen LogP contribution is -2.22. The molecule has 2 aromatic rings. The van der Waals surface area contributed by atoms with Crippen LogP contribution in [0.4, 0.5) is 0 Å². The zero-order valence-corrected chi connectivity index (χ0v) is 13.6. The van der Waals surface area contributed by atoms with Gasteiger partial charge in [-0.25, -0.2) is 9.59 Å². The van der Waals surface area contributed by atoms with Gasteiger partial charge >= 0.3 is 11.9 Å². The normalized spacial score (nSPS) is 11.5. The van der Waals surface area contributed by atoms with Gasteiger partial charge in [-0.15, -0.1) is 0 Å². The second-order valence-electron chi connectivity index (χ2n) is 4.46. The van der Waals surface area contributed by atoms with E-state index < -0.39 is 18.0 Å². The van der Waals surface area contributed by atoms with Gasteiger partial charge in [-0.05, 0) is 25.1 Å². The summed E-state index contributed by atoms with van der Waals surface area (Å²) >= 11 is 3.30. The molecule has 0 amide bonds. The molecule has 22 heavy (non-hydrogen) atoms. The summed E-state index contributed by atoms with van der Waals surface area (Å²) in [7, 11) is 0. The van der Waals surface area contributed by atoms with E-state index in [4.69, 9.17) is 9.47 Å². The first-order valence-corrected chi connectivity index (χ1v) is 7.59. The fourth-order valence-corrected chi connectivity index (χ4v) is 2.29. The average molecular weight is 363 g/mol. The van der Waals surface area contributed by atoms with Crippen LogP contribution in [0.2, 0.25) is 0 Å². The first-order valence-electron chi connectivity index (χ1n) is 6.80. The Morgan fingerprint density at radius 3 is 2.45 bits per heavy atom. The van der Waals surface area contributed by atoms with Crippen molar-refractivity contribution in [2.45, 2.75) is 13.0 Å². The van der Waals surface area contributed by atoms with Crippen LogP contribution in [-0.4, -0.2) is 18.5 Å². The molecule has 0 bridgehead atoms. The number of rotatable bonds is 5. The van der Waals surface area contributed by atoms with Crippen molar-refractivity contribution in [3.8, 4) is 0 Å². The molecule has 0 aliphatic heterocycles. The highest BCUT2D eigenvalue weighted by Gasteiger charge is 2.26. The minimum absolute atomic E-state index is 0.219. The minimum Gasteiger partial charge on any atom is -0.463 e. The van der Waals surface area contributed by atoms with Crippen molar-refractivity contribution in [1.82, 2.24) is 0 Å². The van der Waals surface area contributed by atoms with Crippen molar-refractivity contribution >= 4 is 27.9 Å². The van der Waals surface area contributed by atoms with Gasteiger partial charge in [0.2, 0.25) is 6.10 Å². The molecule has 0 N–H and O–H groups in total. The third-order valence-corrected chi connectivity index (χ3v) is 3.38. The van der Waals surface area contributed by atoms with Crippen molar-refractivity contribution in [2.24, 2.45) is 0 Å². The van der Waals surface area contributed by atoms with Crippen LogP contribution >= 0.6 is 15.9 Å². The quantitative estimate of drug-likeness (QED) is 0.756. The zero-order valence-electron chi connectivity index (χ0n) is 12.0. The van der Waals surface area contributed by atoms with Gasteiger partial charge in [-0.1, -0.05) is 52.3 Å². The summed E-state index contributed by atoms with van der Waals surface area (Å²) in [6.45, 7) is 1.92. The summed E-state index contributed by atoms with van der Waals surface area (Å²) in [6, 6.07) is 15.6. The molecular weight excluding hydrogens is 348 g/mol. The lowest BCUT2D eigenvalue weighted by atomic mass is 10.1. The number of carbonyl (C=O) groups excluding carboxylic acids is 2. The average Bonchev–Trinajstić information content (AvgIpc) is 2.53. The summed E-state index contributed by atoms with van der Waals surface area (Å²) in [5, 5.41) is 0. The first-order chi connectivity index (χ1) is 10.6. The maximum absolute atomic E-state index is 12.2. The number of halogens is 1. The molecule has 4 nitrogen and oxygen atoms in total. The lowest BCUT2D eigenvalue weighted by molar-refractivity contribution is -0.153. The van der Waals surface area contributed by atoms with Gasteiger partial charge in [0.05, 0.1) is 12.2 Å². The fraction of sp³-hybridized carbons (Fsp3) is 0.176. The predicted octanol–water partition coefficient (Wildman–Crippen LogP) is 3.91. The summed E-state index contributed by atoms with van der Waals surface area (Å²) < 4.78 is 11.1.